The monoisotopic (exact) mass is 313 g/mol. The SMILES string of the molecule is CCCCCC(CCCCC)/C(=C/C=NC)c1ccccc1C. The van der Waals surface area contributed by atoms with Crippen molar-refractivity contribution in [3.8, 4) is 0 Å². The quantitative estimate of drug-likeness (QED) is 0.313. The first-order chi connectivity index (χ1) is 11.2. The number of aryl methyl sites for hydroxylation is 1. The van der Waals surface area contributed by atoms with Gasteiger partial charge in [0, 0.05) is 13.3 Å². The van der Waals surface area contributed by atoms with E-state index in [0.717, 1.165) is 0 Å². The molecule has 0 fully saturated rings. The Hall–Kier alpha value is -1.37. The molecular formula is C22H35N. The van der Waals surface area contributed by atoms with E-state index in [-0.39, 0.29) is 0 Å². The lowest BCUT2D eigenvalue weighted by Gasteiger charge is -2.22. The number of nitrogens with zero attached hydrogens (tertiary/aromatic N) is 1. The van der Waals surface area contributed by atoms with Crippen molar-refractivity contribution in [3.63, 3.8) is 0 Å². The second-order valence-electron chi connectivity index (χ2n) is 6.53. The van der Waals surface area contributed by atoms with E-state index in [4.69, 9.17) is 0 Å². The smallest absolute Gasteiger partial charge is 0.0277 e. The molecule has 1 nitrogen and oxygen atoms in total. The summed E-state index contributed by atoms with van der Waals surface area (Å²) in [6.07, 6.45) is 14.8. The van der Waals surface area contributed by atoms with Gasteiger partial charge in [0.05, 0.1) is 0 Å². The van der Waals surface area contributed by atoms with E-state index in [1.165, 1.54) is 68.1 Å². The third kappa shape index (κ3) is 7.16. The number of unbranched alkanes of at least 4 members (excludes halogenated alkanes) is 4. The molecule has 1 rings (SSSR count). The molecule has 0 radical (unpaired) electrons. The number of allylic oxidation sites excluding steroid dienone is 2. The molecule has 0 bridgehead atoms. The highest BCUT2D eigenvalue weighted by Crippen LogP contribution is 2.33. The largest absolute Gasteiger partial charge is 0.297 e. The van der Waals surface area contributed by atoms with Crippen LogP contribution in [0.4, 0.5) is 0 Å². The predicted octanol–water partition coefficient (Wildman–Crippen LogP) is 6.86. The molecule has 0 amide bonds. The predicted molar refractivity (Wildman–Crippen MR) is 105 cm³/mol. The normalized spacial score (nSPS) is 12.5. The Kier molecular flexibility index (Phi) is 10.4. The molecule has 0 aliphatic rings. The summed E-state index contributed by atoms with van der Waals surface area (Å²) in [7, 11) is 1.86. The molecule has 23 heavy (non-hydrogen) atoms. The van der Waals surface area contributed by atoms with Gasteiger partial charge in [-0.2, -0.15) is 0 Å². The van der Waals surface area contributed by atoms with E-state index in [9.17, 15) is 0 Å². The zero-order valence-electron chi connectivity index (χ0n) is 15.6. The van der Waals surface area contributed by atoms with Crippen LogP contribution < -0.4 is 0 Å². The summed E-state index contributed by atoms with van der Waals surface area (Å²) in [5, 5.41) is 0. The Morgan fingerprint density at radius 2 is 1.61 bits per heavy atom. The van der Waals surface area contributed by atoms with Crippen LogP contribution >= 0.6 is 0 Å². The van der Waals surface area contributed by atoms with Gasteiger partial charge < -0.3 is 0 Å². The van der Waals surface area contributed by atoms with E-state index < -0.39 is 0 Å². The molecule has 0 saturated heterocycles. The van der Waals surface area contributed by atoms with E-state index in [2.05, 4.69) is 56.1 Å². The van der Waals surface area contributed by atoms with Crippen molar-refractivity contribution in [3.05, 3.63) is 41.5 Å². The third-order valence-corrected chi connectivity index (χ3v) is 4.61. The van der Waals surface area contributed by atoms with Gasteiger partial charge in [0.1, 0.15) is 0 Å². The Labute approximate surface area is 143 Å². The lowest BCUT2D eigenvalue weighted by atomic mass is 9.83. The lowest BCUT2D eigenvalue weighted by molar-refractivity contribution is 0.492. The van der Waals surface area contributed by atoms with Gasteiger partial charge in [-0.15, -0.1) is 0 Å². The minimum Gasteiger partial charge on any atom is -0.297 e. The molecule has 0 aliphatic heterocycles. The Balaban J connectivity index is 3.02. The first kappa shape index (κ1) is 19.7. The van der Waals surface area contributed by atoms with Gasteiger partial charge in [0.25, 0.3) is 0 Å². The van der Waals surface area contributed by atoms with E-state index >= 15 is 0 Å². The van der Waals surface area contributed by atoms with Crippen LogP contribution in [0.5, 0.6) is 0 Å². The Bertz CT molecular complexity index is 475. The van der Waals surface area contributed by atoms with Crippen LogP contribution in [0.1, 0.15) is 76.3 Å². The molecule has 0 unspecified atom stereocenters. The van der Waals surface area contributed by atoms with Gasteiger partial charge >= 0.3 is 0 Å². The van der Waals surface area contributed by atoms with Gasteiger partial charge in [0.2, 0.25) is 0 Å². The number of hydrogen-bond acceptors (Lipinski definition) is 1. The third-order valence-electron chi connectivity index (χ3n) is 4.61. The summed E-state index contributed by atoms with van der Waals surface area (Å²) in [5.41, 5.74) is 4.27. The van der Waals surface area contributed by atoms with Gasteiger partial charge in [-0.3, -0.25) is 4.99 Å². The van der Waals surface area contributed by atoms with Gasteiger partial charge in [-0.25, -0.2) is 0 Å². The first-order valence-electron chi connectivity index (χ1n) is 9.42. The molecule has 1 heteroatoms. The first-order valence-corrected chi connectivity index (χ1v) is 9.42. The number of hydrogen-bond donors (Lipinski definition) is 0. The molecule has 0 aromatic heterocycles. The van der Waals surface area contributed by atoms with Crippen LogP contribution in [0.2, 0.25) is 0 Å². The van der Waals surface area contributed by atoms with E-state index in [1.807, 2.05) is 13.3 Å². The fraction of sp³-hybridized carbons (Fsp3) is 0.591. The molecule has 0 spiro atoms. The average Bonchev–Trinajstić information content (AvgIpc) is 2.56. The highest BCUT2D eigenvalue weighted by atomic mass is 14.6. The Morgan fingerprint density at radius 1 is 1.00 bits per heavy atom. The fourth-order valence-electron chi connectivity index (χ4n) is 3.23. The topological polar surface area (TPSA) is 12.4 Å². The van der Waals surface area contributed by atoms with Gasteiger partial charge in [-0.05, 0) is 48.5 Å². The molecular weight excluding hydrogens is 278 g/mol. The van der Waals surface area contributed by atoms with Crippen LogP contribution in [0.25, 0.3) is 5.57 Å². The van der Waals surface area contributed by atoms with Crippen LogP contribution in [0.15, 0.2) is 35.3 Å². The van der Waals surface area contributed by atoms with Crippen molar-refractivity contribution in [2.45, 2.75) is 72.1 Å². The van der Waals surface area contributed by atoms with Crippen molar-refractivity contribution in [2.24, 2.45) is 10.9 Å². The van der Waals surface area contributed by atoms with Crippen molar-refractivity contribution in [1.82, 2.24) is 0 Å². The summed E-state index contributed by atoms with van der Waals surface area (Å²) in [5.74, 6) is 0.659. The molecule has 1 aromatic rings. The summed E-state index contributed by atoms with van der Waals surface area (Å²) in [6, 6.07) is 8.79. The molecule has 1 aromatic carbocycles. The van der Waals surface area contributed by atoms with Crippen molar-refractivity contribution in [1.29, 1.82) is 0 Å². The molecule has 0 N–H and O–H groups in total. The van der Waals surface area contributed by atoms with E-state index in [1.54, 1.807) is 0 Å². The van der Waals surface area contributed by atoms with Gasteiger partial charge in [-0.1, -0.05) is 76.6 Å². The highest BCUT2D eigenvalue weighted by molar-refractivity contribution is 5.86. The van der Waals surface area contributed by atoms with E-state index in [0.29, 0.717) is 5.92 Å². The second kappa shape index (κ2) is 12.1. The minimum absolute atomic E-state index is 0.659. The van der Waals surface area contributed by atoms with Crippen molar-refractivity contribution < 1.29 is 0 Å². The fourth-order valence-corrected chi connectivity index (χ4v) is 3.23. The minimum atomic E-state index is 0.659. The van der Waals surface area contributed by atoms with Crippen molar-refractivity contribution in [2.75, 3.05) is 7.05 Å². The molecule has 128 valence electrons. The second-order valence-corrected chi connectivity index (χ2v) is 6.53. The Morgan fingerprint density at radius 3 is 2.13 bits per heavy atom. The number of rotatable bonds is 11. The lowest BCUT2D eigenvalue weighted by Crippen LogP contribution is -2.06. The maximum atomic E-state index is 4.20. The van der Waals surface area contributed by atoms with Crippen LogP contribution in [0.3, 0.4) is 0 Å². The summed E-state index contributed by atoms with van der Waals surface area (Å²) in [4.78, 5) is 4.20. The van der Waals surface area contributed by atoms with Crippen LogP contribution in [-0.4, -0.2) is 13.3 Å². The molecule has 0 atom stereocenters. The van der Waals surface area contributed by atoms with Gasteiger partial charge in [0.15, 0.2) is 0 Å². The van der Waals surface area contributed by atoms with Crippen molar-refractivity contribution >= 4 is 11.8 Å². The van der Waals surface area contributed by atoms with Crippen LogP contribution in [0, 0.1) is 12.8 Å². The average molecular weight is 314 g/mol. The standard InChI is InChI=1S/C22H35N/c1-5-7-9-14-20(15-10-8-6-2)22(17-18-23-4)21-16-12-11-13-19(21)3/h11-13,16-18,20H,5-10,14-15H2,1-4H3/b22-17-,23-18?. The number of benzene rings is 1. The van der Waals surface area contributed by atoms with Crippen LogP contribution in [-0.2, 0) is 0 Å². The molecule has 0 saturated carbocycles. The summed E-state index contributed by atoms with van der Waals surface area (Å²) in [6.45, 7) is 6.79. The summed E-state index contributed by atoms with van der Waals surface area (Å²) >= 11 is 0. The number of aliphatic imine (C=N–C) groups is 1. The molecule has 0 aliphatic carbocycles. The maximum Gasteiger partial charge on any atom is 0.0277 e. The molecule has 0 heterocycles. The maximum absolute atomic E-state index is 4.20. The zero-order valence-corrected chi connectivity index (χ0v) is 15.6. The zero-order chi connectivity index (χ0) is 16.9. The summed E-state index contributed by atoms with van der Waals surface area (Å²) < 4.78 is 0. The highest BCUT2D eigenvalue weighted by Gasteiger charge is 2.16.